The SMILES string of the molecule is COc1cccc2cc(C(=O)N[C@@H](C)c3ccc(C(C)(C)C)cc3)oc12. The van der Waals surface area contributed by atoms with Gasteiger partial charge >= 0.3 is 0 Å². The highest BCUT2D eigenvalue weighted by Gasteiger charge is 2.18. The number of fused-ring (bicyclic) bond motifs is 1. The van der Waals surface area contributed by atoms with Crippen molar-refractivity contribution in [1.29, 1.82) is 0 Å². The van der Waals surface area contributed by atoms with Gasteiger partial charge in [0.2, 0.25) is 0 Å². The molecular weight excluding hydrogens is 326 g/mol. The van der Waals surface area contributed by atoms with Gasteiger partial charge in [0.05, 0.1) is 13.2 Å². The Morgan fingerprint density at radius 3 is 2.42 bits per heavy atom. The van der Waals surface area contributed by atoms with Crippen molar-refractivity contribution in [1.82, 2.24) is 5.32 Å². The van der Waals surface area contributed by atoms with Crippen LogP contribution in [0.2, 0.25) is 0 Å². The fourth-order valence-electron chi connectivity index (χ4n) is 2.93. The summed E-state index contributed by atoms with van der Waals surface area (Å²) in [6.45, 7) is 8.52. The third kappa shape index (κ3) is 3.59. The van der Waals surface area contributed by atoms with Crippen LogP contribution >= 0.6 is 0 Å². The Bertz CT molecular complexity index is 917. The van der Waals surface area contributed by atoms with Crippen LogP contribution in [0, 0.1) is 0 Å². The van der Waals surface area contributed by atoms with Crippen molar-refractivity contribution < 1.29 is 13.9 Å². The smallest absolute Gasteiger partial charge is 0.287 e. The van der Waals surface area contributed by atoms with Gasteiger partial charge in [-0.2, -0.15) is 0 Å². The minimum atomic E-state index is -0.240. The van der Waals surface area contributed by atoms with Crippen LogP contribution in [-0.2, 0) is 5.41 Å². The Morgan fingerprint density at radius 1 is 1.12 bits per heavy atom. The number of furan rings is 1. The number of rotatable bonds is 4. The third-order valence-electron chi connectivity index (χ3n) is 4.58. The molecule has 1 N–H and O–H groups in total. The maximum atomic E-state index is 12.6. The van der Waals surface area contributed by atoms with Crippen molar-refractivity contribution in [3.05, 3.63) is 65.4 Å². The normalized spacial score (nSPS) is 12.8. The molecule has 26 heavy (non-hydrogen) atoms. The summed E-state index contributed by atoms with van der Waals surface area (Å²) in [5.41, 5.74) is 3.02. The van der Waals surface area contributed by atoms with Crippen molar-refractivity contribution in [3.8, 4) is 5.75 Å². The average Bonchev–Trinajstić information content (AvgIpc) is 3.05. The number of carbonyl (C=O) groups excluding carboxylic acids is 1. The molecule has 1 aromatic heterocycles. The first-order valence-corrected chi connectivity index (χ1v) is 8.77. The van der Waals surface area contributed by atoms with Crippen molar-refractivity contribution in [2.45, 2.75) is 39.2 Å². The molecule has 0 aliphatic rings. The first-order chi connectivity index (χ1) is 12.3. The van der Waals surface area contributed by atoms with E-state index in [1.54, 1.807) is 13.2 Å². The zero-order valence-electron chi connectivity index (χ0n) is 15.9. The quantitative estimate of drug-likeness (QED) is 0.700. The van der Waals surface area contributed by atoms with E-state index in [-0.39, 0.29) is 23.1 Å². The standard InChI is InChI=1S/C22H25NO3/c1-14(15-9-11-17(12-10-15)22(2,3)4)23-21(24)19-13-16-7-6-8-18(25-5)20(16)26-19/h6-14H,1-5H3,(H,23,24)/t14-/m0/s1. The Balaban J connectivity index is 1.77. The van der Waals surface area contributed by atoms with Crippen LogP contribution in [0.1, 0.15) is 55.4 Å². The predicted molar refractivity (Wildman–Crippen MR) is 104 cm³/mol. The summed E-state index contributed by atoms with van der Waals surface area (Å²) in [4.78, 5) is 12.6. The molecule has 0 radical (unpaired) electrons. The van der Waals surface area contributed by atoms with Gasteiger partial charge in [-0.25, -0.2) is 0 Å². The molecule has 0 spiro atoms. The van der Waals surface area contributed by atoms with E-state index in [2.05, 4.69) is 50.4 Å². The number of nitrogens with one attached hydrogen (secondary N) is 1. The maximum Gasteiger partial charge on any atom is 0.287 e. The summed E-state index contributed by atoms with van der Waals surface area (Å²) in [7, 11) is 1.58. The fraction of sp³-hybridized carbons (Fsp3) is 0.318. The summed E-state index contributed by atoms with van der Waals surface area (Å²) >= 11 is 0. The third-order valence-corrected chi connectivity index (χ3v) is 4.58. The first-order valence-electron chi connectivity index (χ1n) is 8.77. The molecule has 136 valence electrons. The zero-order valence-corrected chi connectivity index (χ0v) is 15.9. The van der Waals surface area contributed by atoms with Gasteiger partial charge in [0, 0.05) is 5.39 Å². The van der Waals surface area contributed by atoms with Gasteiger partial charge in [0.1, 0.15) is 0 Å². The lowest BCUT2D eigenvalue weighted by Crippen LogP contribution is -2.26. The molecule has 0 saturated carbocycles. The molecule has 1 atom stereocenters. The number of benzene rings is 2. The van der Waals surface area contributed by atoms with Gasteiger partial charge in [0.15, 0.2) is 17.1 Å². The molecule has 0 saturated heterocycles. The average molecular weight is 351 g/mol. The van der Waals surface area contributed by atoms with Crippen molar-refractivity contribution in [3.63, 3.8) is 0 Å². The number of hydrogen-bond acceptors (Lipinski definition) is 3. The molecule has 2 aromatic carbocycles. The lowest BCUT2D eigenvalue weighted by atomic mass is 9.86. The van der Waals surface area contributed by atoms with E-state index < -0.39 is 0 Å². The number of ether oxygens (including phenoxy) is 1. The van der Waals surface area contributed by atoms with Gasteiger partial charge in [-0.05, 0) is 35.6 Å². The van der Waals surface area contributed by atoms with Crippen LogP contribution < -0.4 is 10.1 Å². The van der Waals surface area contributed by atoms with Crippen molar-refractivity contribution in [2.75, 3.05) is 7.11 Å². The van der Waals surface area contributed by atoms with E-state index in [0.717, 1.165) is 10.9 Å². The van der Waals surface area contributed by atoms with Crippen molar-refractivity contribution >= 4 is 16.9 Å². The molecule has 4 heteroatoms. The van der Waals surface area contributed by atoms with Gasteiger partial charge in [0.25, 0.3) is 5.91 Å². The van der Waals surface area contributed by atoms with Crippen LogP contribution in [-0.4, -0.2) is 13.0 Å². The molecule has 0 unspecified atom stereocenters. The second-order valence-electron chi connectivity index (χ2n) is 7.56. The van der Waals surface area contributed by atoms with Crippen LogP contribution in [0.3, 0.4) is 0 Å². The summed E-state index contributed by atoms with van der Waals surface area (Å²) in [5.74, 6) is 0.658. The topological polar surface area (TPSA) is 51.5 Å². The Morgan fingerprint density at radius 2 is 1.81 bits per heavy atom. The Hall–Kier alpha value is -2.75. The highest BCUT2D eigenvalue weighted by molar-refractivity contribution is 5.97. The minimum absolute atomic E-state index is 0.109. The Labute approximate surface area is 154 Å². The molecule has 0 aliphatic heterocycles. The highest BCUT2D eigenvalue weighted by atomic mass is 16.5. The lowest BCUT2D eigenvalue weighted by Gasteiger charge is -2.20. The fourth-order valence-corrected chi connectivity index (χ4v) is 2.93. The molecule has 1 amide bonds. The molecule has 1 heterocycles. The van der Waals surface area contributed by atoms with Gasteiger partial charge < -0.3 is 14.5 Å². The second-order valence-corrected chi connectivity index (χ2v) is 7.56. The maximum absolute atomic E-state index is 12.6. The number of carbonyl (C=O) groups is 1. The zero-order chi connectivity index (χ0) is 18.9. The first kappa shape index (κ1) is 18.1. The van der Waals surface area contributed by atoms with E-state index in [1.165, 1.54) is 5.56 Å². The number of para-hydroxylation sites is 1. The van der Waals surface area contributed by atoms with Gasteiger partial charge in [-0.1, -0.05) is 57.2 Å². The summed E-state index contributed by atoms with van der Waals surface area (Å²) in [6, 6.07) is 15.6. The summed E-state index contributed by atoms with van der Waals surface area (Å²) in [5, 5.41) is 3.84. The summed E-state index contributed by atoms with van der Waals surface area (Å²) in [6.07, 6.45) is 0. The predicted octanol–water partition coefficient (Wildman–Crippen LogP) is 5.23. The van der Waals surface area contributed by atoms with E-state index in [9.17, 15) is 4.79 Å². The van der Waals surface area contributed by atoms with Crippen LogP contribution in [0.15, 0.2) is 52.9 Å². The van der Waals surface area contributed by atoms with Crippen LogP contribution in [0.4, 0.5) is 0 Å². The number of methoxy groups -OCH3 is 1. The second kappa shape index (κ2) is 6.87. The monoisotopic (exact) mass is 351 g/mol. The van der Waals surface area contributed by atoms with Gasteiger partial charge in [-0.15, -0.1) is 0 Å². The molecule has 4 nitrogen and oxygen atoms in total. The molecule has 0 aliphatic carbocycles. The van der Waals surface area contributed by atoms with Crippen LogP contribution in [0.25, 0.3) is 11.0 Å². The van der Waals surface area contributed by atoms with E-state index >= 15 is 0 Å². The molecule has 3 aromatic rings. The van der Waals surface area contributed by atoms with E-state index in [4.69, 9.17) is 9.15 Å². The van der Waals surface area contributed by atoms with E-state index in [0.29, 0.717) is 11.3 Å². The molecule has 0 bridgehead atoms. The lowest BCUT2D eigenvalue weighted by molar-refractivity contribution is 0.0914. The minimum Gasteiger partial charge on any atom is -0.493 e. The number of amides is 1. The molecule has 3 rings (SSSR count). The van der Waals surface area contributed by atoms with Gasteiger partial charge in [-0.3, -0.25) is 4.79 Å². The molecule has 0 fully saturated rings. The highest BCUT2D eigenvalue weighted by Crippen LogP contribution is 2.29. The van der Waals surface area contributed by atoms with Crippen molar-refractivity contribution in [2.24, 2.45) is 0 Å². The van der Waals surface area contributed by atoms with Crippen LogP contribution in [0.5, 0.6) is 5.75 Å². The molecular formula is C22H25NO3. The summed E-state index contributed by atoms with van der Waals surface area (Å²) < 4.78 is 11.0. The number of hydrogen-bond donors (Lipinski definition) is 1. The van der Waals surface area contributed by atoms with E-state index in [1.807, 2.05) is 25.1 Å². The Kier molecular flexibility index (Phi) is 4.77. The largest absolute Gasteiger partial charge is 0.493 e.